The van der Waals surface area contributed by atoms with Crippen molar-refractivity contribution in [2.75, 3.05) is 6.54 Å². The van der Waals surface area contributed by atoms with Crippen molar-refractivity contribution < 1.29 is 18.0 Å². The van der Waals surface area contributed by atoms with Gasteiger partial charge in [0.1, 0.15) is 6.42 Å². The lowest BCUT2D eigenvalue weighted by Gasteiger charge is -2.49. The molecule has 1 aliphatic carbocycles. The fourth-order valence-corrected chi connectivity index (χ4v) is 4.05. The molecule has 1 heterocycles. The number of alkyl halides is 3. The third-order valence-corrected chi connectivity index (χ3v) is 4.57. The predicted octanol–water partition coefficient (Wildman–Crippen LogP) is 3.61. The lowest BCUT2D eigenvalue weighted by molar-refractivity contribution is -0.167. The van der Waals surface area contributed by atoms with Gasteiger partial charge in [0.2, 0.25) is 5.91 Å². The van der Waals surface area contributed by atoms with E-state index in [9.17, 15) is 18.0 Å². The van der Waals surface area contributed by atoms with E-state index in [0.717, 1.165) is 25.7 Å². The van der Waals surface area contributed by atoms with Gasteiger partial charge >= 0.3 is 6.18 Å². The Morgan fingerprint density at radius 2 is 1.95 bits per heavy atom. The van der Waals surface area contributed by atoms with Gasteiger partial charge in [0.05, 0.1) is 0 Å². The number of amides is 1. The third kappa shape index (κ3) is 3.42. The maximum Gasteiger partial charge on any atom is 0.397 e. The Balaban J connectivity index is 2.09. The molecule has 2 rings (SSSR count). The molecule has 0 spiro atoms. The van der Waals surface area contributed by atoms with Gasteiger partial charge < -0.3 is 4.90 Å². The van der Waals surface area contributed by atoms with E-state index in [-0.39, 0.29) is 6.04 Å². The fraction of sp³-hybridized carbons (Fsp3) is 0.929. The van der Waals surface area contributed by atoms with Crippen molar-refractivity contribution in [3.63, 3.8) is 0 Å². The molecule has 0 aromatic rings. The van der Waals surface area contributed by atoms with Crippen LogP contribution in [0, 0.1) is 17.8 Å². The Labute approximate surface area is 112 Å². The van der Waals surface area contributed by atoms with Crippen LogP contribution < -0.4 is 0 Å². The molecule has 4 atom stereocenters. The minimum atomic E-state index is -4.39. The van der Waals surface area contributed by atoms with E-state index in [1.807, 2.05) is 6.92 Å². The van der Waals surface area contributed by atoms with Gasteiger partial charge in [0.15, 0.2) is 0 Å². The summed E-state index contributed by atoms with van der Waals surface area (Å²) < 4.78 is 37.2. The van der Waals surface area contributed by atoms with E-state index in [1.165, 1.54) is 4.90 Å². The summed E-state index contributed by atoms with van der Waals surface area (Å²) in [6, 6.07) is 0.00819. The molecule has 2 bridgehead atoms. The molecule has 0 N–H and O–H groups in total. The zero-order chi connectivity index (χ0) is 14.2. The van der Waals surface area contributed by atoms with Crippen molar-refractivity contribution in [1.82, 2.24) is 4.90 Å². The van der Waals surface area contributed by atoms with Gasteiger partial charge in [0, 0.05) is 12.6 Å². The second-order valence-corrected chi connectivity index (χ2v) is 6.25. The van der Waals surface area contributed by atoms with Crippen molar-refractivity contribution in [1.29, 1.82) is 0 Å². The van der Waals surface area contributed by atoms with Gasteiger partial charge in [-0.05, 0) is 43.4 Å². The highest BCUT2D eigenvalue weighted by molar-refractivity contribution is 5.77. The molecule has 5 heteroatoms. The Kier molecular flexibility index (Phi) is 4.11. The Bertz CT molecular complexity index is 340. The number of carbonyl (C=O) groups is 1. The smallest absolute Gasteiger partial charge is 0.339 e. The largest absolute Gasteiger partial charge is 0.397 e. The Hall–Kier alpha value is -0.740. The number of rotatable bonds is 2. The van der Waals surface area contributed by atoms with Crippen molar-refractivity contribution in [2.45, 2.75) is 58.2 Å². The zero-order valence-electron chi connectivity index (χ0n) is 11.5. The van der Waals surface area contributed by atoms with Crippen LogP contribution in [0.2, 0.25) is 0 Å². The van der Waals surface area contributed by atoms with E-state index in [4.69, 9.17) is 0 Å². The van der Waals surface area contributed by atoms with Gasteiger partial charge in [-0.25, -0.2) is 0 Å². The number of piperidine rings is 1. The maximum atomic E-state index is 12.4. The summed E-state index contributed by atoms with van der Waals surface area (Å²) in [5, 5.41) is 0. The number of halogens is 3. The maximum absolute atomic E-state index is 12.4. The standard InChI is InChI=1S/C14H22F3NO/c1-3-12-11-5-9(2)4-10(6-11)8-18(12)13(19)7-14(15,16)17/h9-12H,3-8H2,1-2H3/t9-,10?,11-,12?/m1/s1. The van der Waals surface area contributed by atoms with Crippen LogP contribution in [0.5, 0.6) is 0 Å². The first-order chi connectivity index (χ1) is 8.80. The van der Waals surface area contributed by atoms with Crippen molar-refractivity contribution in [3.05, 3.63) is 0 Å². The van der Waals surface area contributed by atoms with Gasteiger partial charge in [-0.2, -0.15) is 13.2 Å². The van der Waals surface area contributed by atoms with E-state index in [2.05, 4.69) is 6.92 Å². The van der Waals surface area contributed by atoms with Crippen LogP contribution in [-0.2, 0) is 4.79 Å². The van der Waals surface area contributed by atoms with Gasteiger partial charge in [0.25, 0.3) is 0 Å². The molecule has 0 aromatic carbocycles. The summed E-state index contributed by atoms with van der Waals surface area (Å²) >= 11 is 0. The molecule has 110 valence electrons. The van der Waals surface area contributed by atoms with Gasteiger partial charge in [-0.1, -0.05) is 13.8 Å². The summed E-state index contributed by atoms with van der Waals surface area (Å²) in [6.07, 6.45) is -1.77. The number of carbonyl (C=O) groups excluding carboxylic acids is 1. The number of nitrogens with zero attached hydrogens (tertiary/aromatic N) is 1. The van der Waals surface area contributed by atoms with Crippen LogP contribution in [0.25, 0.3) is 0 Å². The van der Waals surface area contributed by atoms with Crippen LogP contribution in [0.3, 0.4) is 0 Å². The topological polar surface area (TPSA) is 20.3 Å². The van der Waals surface area contributed by atoms with E-state index in [1.54, 1.807) is 0 Å². The molecule has 2 nitrogen and oxygen atoms in total. The summed E-state index contributed by atoms with van der Waals surface area (Å²) in [4.78, 5) is 13.4. The predicted molar refractivity (Wildman–Crippen MR) is 66.5 cm³/mol. The normalized spacial score (nSPS) is 35.3. The Morgan fingerprint density at radius 3 is 2.53 bits per heavy atom. The SMILES string of the molecule is CCC1[C@H]2CC(C[C@@H](C)C2)CN1C(=O)CC(F)(F)F. The highest BCUT2D eigenvalue weighted by Crippen LogP contribution is 2.42. The molecular weight excluding hydrogens is 255 g/mol. The second kappa shape index (κ2) is 5.33. The Morgan fingerprint density at radius 1 is 1.26 bits per heavy atom. The second-order valence-electron chi connectivity index (χ2n) is 6.25. The van der Waals surface area contributed by atoms with Crippen LogP contribution >= 0.6 is 0 Å². The number of hydrogen-bond acceptors (Lipinski definition) is 1. The summed E-state index contributed by atoms with van der Waals surface area (Å²) in [6.45, 7) is 4.70. The first-order valence-electron chi connectivity index (χ1n) is 7.16. The zero-order valence-corrected chi connectivity index (χ0v) is 11.5. The van der Waals surface area contributed by atoms with Crippen molar-refractivity contribution in [3.8, 4) is 0 Å². The molecule has 1 saturated heterocycles. The van der Waals surface area contributed by atoms with E-state index >= 15 is 0 Å². The molecule has 0 radical (unpaired) electrons. The molecule has 2 aliphatic rings. The van der Waals surface area contributed by atoms with Crippen LogP contribution in [-0.4, -0.2) is 29.6 Å². The lowest BCUT2D eigenvalue weighted by Crippen LogP contribution is -2.54. The lowest BCUT2D eigenvalue weighted by atomic mass is 9.69. The summed E-state index contributed by atoms with van der Waals surface area (Å²) in [5.74, 6) is 0.694. The monoisotopic (exact) mass is 277 g/mol. The van der Waals surface area contributed by atoms with Crippen LogP contribution in [0.15, 0.2) is 0 Å². The average molecular weight is 277 g/mol. The van der Waals surface area contributed by atoms with Gasteiger partial charge in [-0.15, -0.1) is 0 Å². The molecule has 0 aromatic heterocycles. The van der Waals surface area contributed by atoms with Crippen molar-refractivity contribution in [2.24, 2.45) is 17.8 Å². The number of fused-ring (bicyclic) bond motifs is 2. The van der Waals surface area contributed by atoms with Crippen LogP contribution in [0.4, 0.5) is 13.2 Å². The molecule has 2 fully saturated rings. The first-order valence-corrected chi connectivity index (χ1v) is 7.16. The molecule has 1 aliphatic heterocycles. The fourth-order valence-electron chi connectivity index (χ4n) is 4.05. The minimum Gasteiger partial charge on any atom is -0.339 e. The molecule has 1 amide bonds. The van der Waals surface area contributed by atoms with E-state index < -0.39 is 18.5 Å². The average Bonchev–Trinajstić information content (AvgIpc) is 2.25. The number of hydrogen-bond donors (Lipinski definition) is 0. The third-order valence-electron chi connectivity index (χ3n) is 4.57. The summed E-state index contributed by atoms with van der Waals surface area (Å²) in [7, 11) is 0. The quantitative estimate of drug-likeness (QED) is 0.755. The molecule has 19 heavy (non-hydrogen) atoms. The minimum absolute atomic E-state index is 0.00819. The molecular formula is C14H22F3NO. The highest BCUT2D eigenvalue weighted by Gasteiger charge is 2.43. The number of likely N-dealkylation sites (tertiary alicyclic amines) is 1. The molecule has 2 unspecified atom stereocenters. The van der Waals surface area contributed by atoms with E-state index in [0.29, 0.717) is 24.3 Å². The van der Waals surface area contributed by atoms with Gasteiger partial charge in [-0.3, -0.25) is 4.79 Å². The summed E-state index contributed by atoms with van der Waals surface area (Å²) in [5.41, 5.74) is 0. The van der Waals surface area contributed by atoms with Crippen molar-refractivity contribution >= 4 is 5.91 Å². The molecule has 1 saturated carbocycles. The highest BCUT2D eigenvalue weighted by atomic mass is 19.4. The van der Waals surface area contributed by atoms with Crippen LogP contribution in [0.1, 0.15) is 46.0 Å². The first kappa shape index (κ1) is 14.7.